The molecule has 372 valence electrons. The number of aromatic hydroxyl groups is 1. The SMILES string of the molecule is CS(=O)(=O)O.Cc1cc(N=Nc2c(C)c(C#N)c3nc4ccccc4n3c2O)c(OCCCS(=O)(=O)O)cc1N=Nc1sc(N=Nc2ccccc2C(=O)O)c(-c2ccc3ccccc3c2)c1C#N.O=S(=O)=O. The van der Waals surface area contributed by atoms with Gasteiger partial charge in [0.15, 0.2) is 16.3 Å². The van der Waals surface area contributed by atoms with Crippen molar-refractivity contribution in [3.63, 3.8) is 0 Å². The van der Waals surface area contributed by atoms with Gasteiger partial charge in [0, 0.05) is 17.2 Å². The molecule has 5 aromatic carbocycles. The fourth-order valence-corrected chi connectivity index (χ4v) is 8.32. The first-order chi connectivity index (χ1) is 34.6. The Morgan fingerprint density at radius 1 is 0.767 bits per heavy atom. The molecule has 0 fully saturated rings. The molecule has 8 aromatic rings. The van der Waals surface area contributed by atoms with Crippen molar-refractivity contribution in [2.45, 2.75) is 20.3 Å². The zero-order valence-corrected chi connectivity index (χ0v) is 41.3. The molecule has 0 bridgehead atoms. The number of thiophene rings is 1. The van der Waals surface area contributed by atoms with Crippen LogP contribution in [0.4, 0.5) is 32.8 Å². The number of aromatic carboxylic acids is 1. The van der Waals surface area contributed by atoms with Crippen molar-refractivity contribution in [1.29, 1.82) is 10.5 Å². The number of fused-ring (bicyclic) bond motifs is 4. The first kappa shape index (κ1) is 53.6. The summed E-state index contributed by atoms with van der Waals surface area (Å²) in [5, 5.41) is 70.7. The predicted molar refractivity (Wildman–Crippen MR) is 267 cm³/mol. The number of carboxylic acid groups (broad SMARTS) is 1. The Labute approximate surface area is 419 Å². The molecule has 4 N–H and O–H groups in total. The first-order valence-electron chi connectivity index (χ1n) is 20.7. The average Bonchev–Trinajstić information content (AvgIpc) is 3.89. The highest BCUT2D eigenvalue weighted by Crippen LogP contribution is 2.49. The van der Waals surface area contributed by atoms with E-state index in [-0.39, 0.29) is 79.7 Å². The number of aromatic nitrogens is 2. The lowest BCUT2D eigenvalue weighted by atomic mass is 10.00. The number of imidazole rings is 1. The molecule has 3 heterocycles. The van der Waals surface area contributed by atoms with Gasteiger partial charge >= 0.3 is 16.6 Å². The summed E-state index contributed by atoms with van der Waals surface area (Å²) >= 11 is 1.02. The second-order valence-electron chi connectivity index (χ2n) is 15.1. The minimum Gasteiger partial charge on any atom is -0.493 e. The van der Waals surface area contributed by atoms with Gasteiger partial charge in [0.1, 0.15) is 45.4 Å². The van der Waals surface area contributed by atoms with Gasteiger partial charge in [0.2, 0.25) is 5.88 Å². The summed E-state index contributed by atoms with van der Waals surface area (Å²) in [5.74, 6) is -1.97. The van der Waals surface area contributed by atoms with Gasteiger partial charge in [0.05, 0.1) is 40.9 Å². The minimum atomic E-state index is -4.28. The van der Waals surface area contributed by atoms with Crippen LogP contribution < -0.4 is 4.74 Å². The summed E-state index contributed by atoms with van der Waals surface area (Å²) < 4.78 is 90.8. The molecular formula is C46H36N10O13S4. The molecule has 0 amide bonds. The van der Waals surface area contributed by atoms with Crippen molar-refractivity contribution in [2.24, 2.45) is 30.7 Å². The zero-order valence-electron chi connectivity index (χ0n) is 38.0. The summed E-state index contributed by atoms with van der Waals surface area (Å²) in [6.07, 6.45) is 0.634. The molecule has 3 aromatic heterocycles. The topological polar surface area (TPSA) is 366 Å². The molecule has 0 saturated carbocycles. The van der Waals surface area contributed by atoms with E-state index in [4.69, 9.17) is 21.9 Å². The Hall–Kier alpha value is -8.70. The van der Waals surface area contributed by atoms with Crippen molar-refractivity contribution in [3.8, 4) is 34.9 Å². The Morgan fingerprint density at radius 3 is 2.04 bits per heavy atom. The Kier molecular flexibility index (Phi) is 16.9. The molecule has 73 heavy (non-hydrogen) atoms. The fraction of sp³-hybridized carbons (Fsp3) is 0.130. The van der Waals surface area contributed by atoms with Crippen LogP contribution >= 0.6 is 11.3 Å². The summed E-state index contributed by atoms with van der Waals surface area (Å²) in [6.45, 7) is 3.16. The van der Waals surface area contributed by atoms with Gasteiger partial charge in [-0.15, -0.1) is 43.3 Å². The summed E-state index contributed by atoms with van der Waals surface area (Å²) in [7, 11) is -11.1. The molecule has 0 atom stereocenters. The molecule has 0 aliphatic rings. The molecule has 27 heteroatoms. The normalized spacial score (nSPS) is 11.6. The molecule has 0 spiro atoms. The minimum absolute atomic E-state index is 0.00529. The van der Waals surface area contributed by atoms with Crippen LogP contribution in [-0.2, 0) is 30.8 Å². The number of pyridine rings is 1. The van der Waals surface area contributed by atoms with E-state index in [9.17, 15) is 46.9 Å². The van der Waals surface area contributed by atoms with Crippen LogP contribution in [-0.4, -0.2) is 82.8 Å². The maximum Gasteiger partial charge on any atom is 0.425 e. The van der Waals surface area contributed by atoms with Gasteiger partial charge in [-0.1, -0.05) is 72.0 Å². The number of carboxylic acids is 1. The monoisotopic (exact) mass is 1060 g/mol. The van der Waals surface area contributed by atoms with Crippen LogP contribution in [0.5, 0.6) is 11.6 Å². The Balaban J connectivity index is 0.000000890. The van der Waals surface area contributed by atoms with Crippen molar-refractivity contribution in [3.05, 3.63) is 131 Å². The standard InChI is InChI=1S/C45H32N10O7S2.CH4O3S.O3S/c1-25-20-36(51-52-40-26(2)31(23-46)41-48-34-14-7-8-15-37(34)55(41)44(40)56)38(62-18-9-19-64(59,60)61)22-35(25)50-53-42-32(24-47)39(29-17-16-27-10-3-4-11-28(27)21-29)43(63-42)54-49-33-13-6-5-12-30(33)45(57)58;1-5(2,3)4;1-4(2)3/h3-8,10-17,20-22,56H,9,18-19H2,1-2H3,(H,57,58)(H,59,60,61);1H3,(H,2,3,4);. The molecule has 0 unspecified atom stereocenters. The molecule has 0 saturated heterocycles. The van der Waals surface area contributed by atoms with E-state index in [2.05, 4.69) is 47.8 Å². The van der Waals surface area contributed by atoms with E-state index in [1.54, 1.807) is 56.3 Å². The molecule has 23 nitrogen and oxygen atoms in total. The number of carbonyl (C=O) groups is 1. The number of hydrogen-bond donors (Lipinski definition) is 4. The van der Waals surface area contributed by atoms with Gasteiger partial charge in [-0.25, -0.2) is 9.78 Å². The number of nitrogens with zero attached hydrogens (tertiary/aromatic N) is 10. The number of ether oxygens (including phenoxy) is 1. The Morgan fingerprint density at radius 2 is 1.37 bits per heavy atom. The van der Waals surface area contributed by atoms with Crippen molar-refractivity contribution in [2.75, 3.05) is 18.6 Å². The number of azo groups is 3. The van der Waals surface area contributed by atoms with Gasteiger partial charge in [-0.2, -0.15) is 27.4 Å². The van der Waals surface area contributed by atoms with E-state index in [1.807, 2.05) is 42.5 Å². The van der Waals surface area contributed by atoms with Crippen LogP contribution in [0.2, 0.25) is 0 Å². The second-order valence-corrected chi connectivity index (χ2v) is 19.6. The maximum absolute atomic E-state index is 11.9. The van der Waals surface area contributed by atoms with Gasteiger partial charge in [-0.05, 0) is 78.6 Å². The van der Waals surface area contributed by atoms with Crippen LogP contribution in [0.1, 0.15) is 39.0 Å². The van der Waals surface area contributed by atoms with E-state index < -0.39 is 42.6 Å². The lowest BCUT2D eigenvalue weighted by Crippen LogP contribution is -2.08. The van der Waals surface area contributed by atoms with E-state index in [0.717, 1.165) is 22.1 Å². The highest BCUT2D eigenvalue weighted by Gasteiger charge is 2.23. The van der Waals surface area contributed by atoms with Crippen LogP contribution in [0, 0.1) is 36.5 Å². The average molecular weight is 1070 g/mol. The largest absolute Gasteiger partial charge is 0.493 e. The van der Waals surface area contributed by atoms with Gasteiger partial charge < -0.3 is 14.9 Å². The third kappa shape index (κ3) is 13.6. The highest BCUT2D eigenvalue weighted by atomic mass is 32.2. The number of nitriles is 2. The number of benzene rings is 5. The first-order valence-corrected chi connectivity index (χ1v) is 25.9. The van der Waals surface area contributed by atoms with E-state index in [0.29, 0.717) is 39.5 Å². The van der Waals surface area contributed by atoms with Crippen molar-refractivity contribution >= 4 is 108 Å². The van der Waals surface area contributed by atoms with Crippen molar-refractivity contribution in [1.82, 2.24) is 9.38 Å². The van der Waals surface area contributed by atoms with E-state index >= 15 is 0 Å². The summed E-state index contributed by atoms with van der Waals surface area (Å²) in [5.41, 5.74) is 4.03. The number of rotatable bonds is 13. The zero-order chi connectivity index (χ0) is 53.2. The third-order valence-electron chi connectivity index (χ3n) is 10.0. The molecular weight excluding hydrogens is 1030 g/mol. The summed E-state index contributed by atoms with van der Waals surface area (Å²) in [4.78, 5) is 16.5. The molecule has 0 aliphatic heterocycles. The Bertz CT molecular complexity index is 4000. The lowest BCUT2D eigenvalue weighted by molar-refractivity contribution is 0.0697. The van der Waals surface area contributed by atoms with E-state index in [1.165, 1.54) is 22.6 Å². The second kappa shape index (κ2) is 23.0. The molecule has 8 rings (SSSR count). The van der Waals surface area contributed by atoms with Crippen LogP contribution in [0.15, 0.2) is 134 Å². The summed E-state index contributed by atoms with van der Waals surface area (Å²) in [6, 6.07) is 34.0. The predicted octanol–water partition coefficient (Wildman–Crippen LogP) is 10.5. The van der Waals surface area contributed by atoms with Gasteiger partial charge in [0.25, 0.3) is 20.2 Å². The fourth-order valence-electron chi connectivity index (χ4n) is 6.92. The van der Waals surface area contributed by atoms with Crippen molar-refractivity contribution < 1.29 is 58.3 Å². The lowest BCUT2D eigenvalue weighted by Gasteiger charge is -2.12. The third-order valence-corrected chi connectivity index (χ3v) is 11.8. The van der Waals surface area contributed by atoms with Crippen LogP contribution in [0.3, 0.4) is 0 Å². The molecule has 0 radical (unpaired) electrons. The number of aryl methyl sites for hydroxylation is 1. The van der Waals surface area contributed by atoms with Gasteiger partial charge in [-0.3, -0.25) is 13.5 Å². The number of para-hydroxylation sites is 2. The highest BCUT2D eigenvalue weighted by molar-refractivity contribution is 7.85. The quantitative estimate of drug-likeness (QED) is 0.0473. The van der Waals surface area contributed by atoms with Crippen LogP contribution in [0.25, 0.3) is 38.6 Å². The molecule has 0 aliphatic carbocycles. The smallest absolute Gasteiger partial charge is 0.425 e. The maximum atomic E-state index is 11.9. The number of hydrogen-bond acceptors (Lipinski definition) is 20.